The maximum Gasteiger partial charge on any atom is 0.119 e. The van der Waals surface area contributed by atoms with E-state index in [1.54, 1.807) is 0 Å². The molecule has 0 spiro atoms. The summed E-state index contributed by atoms with van der Waals surface area (Å²) >= 11 is 5.57. The average Bonchev–Trinajstić information content (AvgIpc) is 2.28. The van der Waals surface area contributed by atoms with E-state index in [0.717, 1.165) is 12.2 Å². The van der Waals surface area contributed by atoms with Gasteiger partial charge in [0.2, 0.25) is 0 Å². The van der Waals surface area contributed by atoms with Gasteiger partial charge < -0.3 is 4.74 Å². The van der Waals surface area contributed by atoms with Crippen LogP contribution in [0.2, 0.25) is 0 Å². The summed E-state index contributed by atoms with van der Waals surface area (Å²) in [6, 6.07) is 8.37. The van der Waals surface area contributed by atoms with Crippen LogP contribution in [0, 0.1) is 0 Å². The van der Waals surface area contributed by atoms with Gasteiger partial charge >= 0.3 is 0 Å². The predicted molar refractivity (Wildman–Crippen MR) is 65.9 cm³/mol. The number of benzene rings is 1. The van der Waals surface area contributed by atoms with Crippen LogP contribution in [0.25, 0.3) is 0 Å². The Morgan fingerprint density at radius 2 is 1.87 bits per heavy atom. The lowest BCUT2D eigenvalue weighted by Crippen LogP contribution is -1.97. The van der Waals surface area contributed by atoms with E-state index >= 15 is 0 Å². The Bertz CT molecular complexity index is 256. The van der Waals surface area contributed by atoms with Gasteiger partial charge in [0.15, 0.2) is 0 Å². The standard InChI is InChI=1S/C13H19ClO/c1-2-3-5-12-6-8-13(9-7-12)15-11-4-10-14/h6-9H,2-5,10-11H2,1H3. The first-order valence-corrected chi connectivity index (χ1v) is 6.18. The summed E-state index contributed by atoms with van der Waals surface area (Å²) in [6.07, 6.45) is 4.57. The fourth-order valence-electron chi connectivity index (χ4n) is 1.38. The second-order valence-corrected chi connectivity index (χ2v) is 4.02. The molecule has 0 heterocycles. The summed E-state index contributed by atoms with van der Waals surface area (Å²) in [5, 5.41) is 0. The van der Waals surface area contributed by atoms with Crippen molar-refractivity contribution in [1.29, 1.82) is 0 Å². The van der Waals surface area contributed by atoms with Gasteiger partial charge in [-0.3, -0.25) is 0 Å². The van der Waals surface area contributed by atoms with Gasteiger partial charge in [-0.1, -0.05) is 25.5 Å². The molecule has 0 aliphatic rings. The summed E-state index contributed by atoms with van der Waals surface area (Å²) in [4.78, 5) is 0. The van der Waals surface area contributed by atoms with E-state index in [4.69, 9.17) is 16.3 Å². The molecule has 84 valence electrons. The molecule has 1 aromatic carbocycles. The molecule has 0 saturated carbocycles. The molecule has 0 N–H and O–H groups in total. The summed E-state index contributed by atoms with van der Waals surface area (Å²) < 4.78 is 5.52. The minimum absolute atomic E-state index is 0.661. The van der Waals surface area contributed by atoms with E-state index in [2.05, 4.69) is 19.1 Å². The molecule has 15 heavy (non-hydrogen) atoms. The molecule has 1 rings (SSSR count). The van der Waals surface area contributed by atoms with Gasteiger partial charge in [-0.15, -0.1) is 11.6 Å². The first kappa shape index (κ1) is 12.4. The molecule has 0 fully saturated rings. The Hall–Kier alpha value is -0.690. The molecular weight excluding hydrogens is 208 g/mol. The van der Waals surface area contributed by atoms with Gasteiger partial charge in [0.25, 0.3) is 0 Å². The lowest BCUT2D eigenvalue weighted by molar-refractivity contribution is 0.318. The highest BCUT2D eigenvalue weighted by molar-refractivity contribution is 6.17. The fourth-order valence-corrected chi connectivity index (χ4v) is 1.49. The van der Waals surface area contributed by atoms with Crippen LogP contribution in [0.1, 0.15) is 31.7 Å². The van der Waals surface area contributed by atoms with Crippen LogP contribution in [0.5, 0.6) is 5.75 Å². The lowest BCUT2D eigenvalue weighted by atomic mass is 10.1. The summed E-state index contributed by atoms with van der Waals surface area (Å²) in [5.41, 5.74) is 1.39. The second-order valence-electron chi connectivity index (χ2n) is 3.64. The van der Waals surface area contributed by atoms with Crippen molar-refractivity contribution < 1.29 is 4.74 Å². The third-order valence-corrected chi connectivity index (χ3v) is 2.56. The number of alkyl halides is 1. The van der Waals surface area contributed by atoms with Gasteiger partial charge in [-0.05, 0) is 37.0 Å². The van der Waals surface area contributed by atoms with Crippen LogP contribution in [0.3, 0.4) is 0 Å². The van der Waals surface area contributed by atoms with Crippen LogP contribution < -0.4 is 4.74 Å². The van der Waals surface area contributed by atoms with Crippen molar-refractivity contribution >= 4 is 11.6 Å². The number of halogens is 1. The molecule has 0 atom stereocenters. The predicted octanol–water partition coefficient (Wildman–Crippen LogP) is 4.04. The highest BCUT2D eigenvalue weighted by atomic mass is 35.5. The SMILES string of the molecule is CCCCc1ccc(OCCCCl)cc1. The van der Waals surface area contributed by atoms with Crippen molar-refractivity contribution in [2.24, 2.45) is 0 Å². The van der Waals surface area contributed by atoms with E-state index in [1.807, 2.05) is 12.1 Å². The van der Waals surface area contributed by atoms with E-state index < -0.39 is 0 Å². The van der Waals surface area contributed by atoms with Gasteiger partial charge in [0, 0.05) is 5.88 Å². The zero-order valence-corrected chi connectivity index (χ0v) is 10.1. The Morgan fingerprint density at radius 3 is 2.47 bits per heavy atom. The topological polar surface area (TPSA) is 9.23 Å². The van der Waals surface area contributed by atoms with E-state index in [-0.39, 0.29) is 0 Å². The number of ether oxygens (including phenoxy) is 1. The first-order chi connectivity index (χ1) is 7.36. The van der Waals surface area contributed by atoms with Crippen molar-refractivity contribution in [3.8, 4) is 5.75 Å². The quantitative estimate of drug-likeness (QED) is 0.504. The monoisotopic (exact) mass is 226 g/mol. The molecule has 0 aromatic heterocycles. The van der Waals surface area contributed by atoms with Crippen LogP contribution in [-0.4, -0.2) is 12.5 Å². The van der Waals surface area contributed by atoms with Crippen LogP contribution >= 0.6 is 11.6 Å². The van der Waals surface area contributed by atoms with E-state index in [9.17, 15) is 0 Å². The van der Waals surface area contributed by atoms with Crippen molar-refractivity contribution in [2.75, 3.05) is 12.5 Å². The van der Waals surface area contributed by atoms with Crippen molar-refractivity contribution in [1.82, 2.24) is 0 Å². The molecule has 0 saturated heterocycles. The highest BCUT2D eigenvalue weighted by Crippen LogP contribution is 2.14. The third-order valence-electron chi connectivity index (χ3n) is 2.29. The molecule has 0 amide bonds. The number of hydrogen-bond donors (Lipinski definition) is 0. The zero-order valence-electron chi connectivity index (χ0n) is 9.34. The van der Waals surface area contributed by atoms with Crippen molar-refractivity contribution in [3.05, 3.63) is 29.8 Å². The Balaban J connectivity index is 2.35. The molecule has 1 aromatic rings. The van der Waals surface area contributed by atoms with Gasteiger partial charge in [-0.25, -0.2) is 0 Å². The molecule has 0 radical (unpaired) electrons. The van der Waals surface area contributed by atoms with Crippen LogP contribution in [0.15, 0.2) is 24.3 Å². The maximum atomic E-state index is 5.57. The summed E-state index contributed by atoms with van der Waals surface area (Å²) in [6.45, 7) is 2.92. The summed E-state index contributed by atoms with van der Waals surface area (Å²) in [5.74, 6) is 1.61. The van der Waals surface area contributed by atoms with Crippen LogP contribution in [-0.2, 0) is 6.42 Å². The maximum absolute atomic E-state index is 5.57. The molecular formula is C13H19ClO. The molecule has 0 aliphatic heterocycles. The van der Waals surface area contributed by atoms with E-state index in [0.29, 0.717) is 12.5 Å². The number of rotatable bonds is 7. The molecule has 2 heteroatoms. The van der Waals surface area contributed by atoms with Gasteiger partial charge in [-0.2, -0.15) is 0 Å². The smallest absolute Gasteiger partial charge is 0.119 e. The minimum Gasteiger partial charge on any atom is -0.494 e. The molecule has 0 aliphatic carbocycles. The van der Waals surface area contributed by atoms with E-state index in [1.165, 1.54) is 24.8 Å². The van der Waals surface area contributed by atoms with Crippen LogP contribution in [0.4, 0.5) is 0 Å². The number of unbranched alkanes of at least 4 members (excludes halogenated alkanes) is 1. The normalized spacial score (nSPS) is 10.3. The zero-order chi connectivity index (χ0) is 10.9. The molecule has 1 nitrogen and oxygen atoms in total. The number of aryl methyl sites for hydroxylation is 1. The molecule has 0 bridgehead atoms. The largest absolute Gasteiger partial charge is 0.494 e. The summed E-state index contributed by atoms with van der Waals surface area (Å²) in [7, 11) is 0. The number of hydrogen-bond acceptors (Lipinski definition) is 1. The minimum atomic E-state index is 0.661. The first-order valence-electron chi connectivity index (χ1n) is 5.64. The Labute approximate surface area is 97.4 Å². The lowest BCUT2D eigenvalue weighted by Gasteiger charge is -2.05. The molecule has 0 unspecified atom stereocenters. The third kappa shape index (κ3) is 5.08. The fraction of sp³-hybridized carbons (Fsp3) is 0.538. The van der Waals surface area contributed by atoms with Gasteiger partial charge in [0.1, 0.15) is 5.75 Å². The highest BCUT2D eigenvalue weighted by Gasteiger charge is 1.95. The Morgan fingerprint density at radius 1 is 1.13 bits per heavy atom. The van der Waals surface area contributed by atoms with Crippen molar-refractivity contribution in [2.45, 2.75) is 32.6 Å². The second kappa shape index (κ2) is 7.58. The Kier molecular flexibility index (Phi) is 6.26. The van der Waals surface area contributed by atoms with Gasteiger partial charge in [0.05, 0.1) is 6.61 Å². The average molecular weight is 227 g/mol. The van der Waals surface area contributed by atoms with Crippen molar-refractivity contribution in [3.63, 3.8) is 0 Å².